The molecule has 0 aliphatic rings. The predicted octanol–water partition coefficient (Wildman–Crippen LogP) is 1.81. The monoisotopic (exact) mass is 323 g/mol. The Bertz CT molecular complexity index is 664. The van der Waals surface area contributed by atoms with Crippen molar-refractivity contribution in [1.29, 1.82) is 0 Å². The van der Waals surface area contributed by atoms with Gasteiger partial charge in [0.05, 0.1) is 18.4 Å². The molecule has 2 heterocycles. The summed E-state index contributed by atoms with van der Waals surface area (Å²) in [6.07, 6.45) is 0. The third-order valence-corrected chi connectivity index (χ3v) is 4.56. The van der Waals surface area contributed by atoms with Crippen molar-refractivity contribution in [2.45, 2.75) is 32.0 Å². The molecule has 0 spiro atoms. The van der Waals surface area contributed by atoms with Crippen LogP contribution in [0.1, 0.15) is 34.7 Å². The number of hydrogen-bond donors (Lipinski definition) is 0. The summed E-state index contributed by atoms with van der Waals surface area (Å²) < 4.78 is 8.91. The highest BCUT2D eigenvalue weighted by Gasteiger charge is 2.19. The van der Waals surface area contributed by atoms with E-state index in [0.29, 0.717) is 17.5 Å². The fourth-order valence-electron chi connectivity index (χ4n) is 2.60. The zero-order valence-corrected chi connectivity index (χ0v) is 14.3. The number of carbonyl (C=O) groups excluding carboxylic acids is 1. The molecule has 7 nitrogen and oxygen atoms in total. The van der Waals surface area contributed by atoms with E-state index in [-0.39, 0.29) is 11.8 Å². The van der Waals surface area contributed by atoms with Gasteiger partial charge in [-0.05, 0) is 37.3 Å². The Balaban J connectivity index is 2.13. The lowest BCUT2D eigenvalue weighted by Gasteiger charge is -2.17. The first-order valence-electron chi connectivity index (χ1n) is 7.01. The second-order valence-corrected chi connectivity index (χ2v) is 6.20. The zero-order valence-electron chi connectivity index (χ0n) is 13.5. The van der Waals surface area contributed by atoms with E-state index in [1.165, 1.54) is 11.8 Å². The Hall–Kier alpha value is -1.67. The van der Waals surface area contributed by atoms with Crippen LogP contribution < -0.4 is 0 Å². The second kappa shape index (κ2) is 7.06. The number of nitrogens with zero attached hydrogens (tertiary/aromatic N) is 5. The quantitative estimate of drug-likeness (QED) is 0.571. The average molecular weight is 323 g/mol. The van der Waals surface area contributed by atoms with Gasteiger partial charge in [0, 0.05) is 31.1 Å². The maximum absolute atomic E-state index is 12.5. The van der Waals surface area contributed by atoms with Gasteiger partial charge in [0.25, 0.3) is 0 Å². The number of hydrogen-bond acceptors (Lipinski definition) is 6. The molecule has 0 aromatic carbocycles. The standard InChI is InChI=1S/C14H21N5O2S/c1-9-6-12(11(3)19(9)10(2)7-21-5)13(20)8-22-14-15-16-17-18(14)4/h6,10H,7-8H2,1-5H3. The Kier molecular flexibility index (Phi) is 5.36. The van der Waals surface area contributed by atoms with E-state index >= 15 is 0 Å². The molecule has 2 aromatic rings. The van der Waals surface area contributed by atoms with E-state index < -0.39 is 0 Å². The molecule has 0 aliphatic heterocycles. The molecular formula is C14H21N5O2S. The minimum absolute atomic E-state index is 0.0805. The first kappa shape index (κ1) is 16.7. The van der Waals surface area contributed by atoms with Crippen LogP contribution in [-0.2, 0) is 11.8 Å². The summed E-state index contributed by atoms with van der Waals surface area (Å²) in [7, 11) is 3.44. The van der Waals surface area contributed by atoms with Gasteiger partial charge in [0.15, 0.2) is 5.78 Å². The molecular weight excluding hydrogens is 302 g/mol. The minimum Gasteiger partial charge on any atom is -0.383 e. The van der Waals surface area contributed by atoms with Crippen LogP contribution in [0.2, 0.25) is 0 Å². The minimum atomic E-state index is 0.0805. The summed E-state index contributed by atoms with van der Waals surface area (Å²) in [4.78, 5) is 12.5. The summed E-state index contributed by atoms with van der Waals surface area (Å²) in [6, 6.07) is 2.14. The van der Waals surface area contributed by atoms with Crippen LogP contribution in [0.3, 0.4) is 0 Å². The van der Waals surface area contributed by atoms with Crippen LogP contribution in [0.5, 0.6) is 0 Å². The fourth-order valence-corrected chi connectivity index (χ4v) is 3.34. The summed E-state index contributed by atoms with van der Waals surface area (Å²) in [5.74, 6) is 0.397. The van der Waals surface area contributed by atoms with Gasteiger partial charge in [-0.25, -0.2) is 4.68 Å². The Labute approximate surface area is 134 Å². The van der Waals surface area contributed by atoms with Crippen molar-refractivity contribution in [3.63, 3.8) is 0 Å². The summed E-state index contributed by atoms with van der Waals surface area (Å²) in [5, 5.41) is 11.8. The average Bonchev–Trinajstić information content (AvgIpc) is 3.00. The van der Waals surface area contributed by atoms with E-state index in [0.717, 1.165) is 17.0 Å². The van der Waals surface area contributed by atoms with Crippen LogP contribution in [0.25, 0.3) is 0 Å². The Morgan fingerprint density at radius 2 is 2.18 bits per heavy atom. The molecule has 0 N–H and O–H groups in total. The van der Waals surface area contributed by atoms with Gasteiger partial charge in [-0.2, -0.15) is 0 Å². The molecule has 0 fully saturated rings. The number of thioether (sulfide) groups is 1. The van der Waals surface area contributed by atoms with Gasteiger partial charge in [0.2, 0.25) is 5.16 Å². The number of ketones is 1. The van der Waals surface area contributed by atoms with Gasteiger partial charge in [-0.3, -0.25) is 4.79 Å². The van der Waals surface area contributed by atoms with Crippen LogP contribution in [0, 0.1) is 13.8 Å². The maximum atomic E-state index is 12.5. The van der Waals surface area contributed by atoms with Crippen LogP contribution in [0.15, 0.2) is 11.2 Å². The number of tetrazole rings is 1. The molecule has 1 unspecified atom stereocenters. The molecule has 120 valence electrons. The third-order valence-electron chi connectivity index (χ3n) is 3.55. The van der Waals surface area contributed by atoms with Crippen molar-refractivity contribution in [2.75, 3.05) is 19.5 Å². The van der Waals surface area contributed by atoms with E-state index in [2.05, 4.69) is 27.0 Å². The normalized spacial score (nSPS) is 12.6. The van der Waals surface area contributed by atoms with Crippen molar-refractivity contribution < 1.29 is 9.53 Å². The van der Waals surface area contributed by atoms with Gasteiger partial charge >= 0.3 is 0 Å². The number of ether oxygens (including phenoxy) is 1. The lowest BCUT2D eigenvalue weighted by molar-refractivity contribution is 0.102. The molecule has 1 atom stereocenters. The van der Waals surface area contributed by atoms with Crippen molar-refractivity contribution in [2.24, 2.45) is 7.05 Å². The first-order chi connectivity index (χ1) is 10.5. The molecule has 2 aromatic heterocycles. The van der Waals surface area contributed by atoms with Crippen molar-refractivity contribution in [1.82, 2.24) is 24.8 Å². The number of aromatic nitrogens is 5. The molecule has 2 rings (SSSR count). The topological polar surface area (TPSA) is 74.8 Å². The van der Waals surface area contributed by atoms with E-state index in [1.54, 1.807) is 18.8 Å². The number of aryl methyl sites for hydroxylation is 2. The summed E-state index contributed by atoms with van der Waals surface area (Å²) in [6.45, 7) is 6.68. The van der Waals surface area contributed by atoms with Crippen molar-refractivity contribution in [3.8, 4) is 0 Å². The fraction of sp³-hybridized carbons (Fsp3) is 0.571. The second-order valence-electron chi connectivity index (χ2n) is 5.26. The van der Waals surface area contributed by atoms with Crippen LogP contribution in [0.4, 0.5) is 0 Å². The van der Waals surface area contributed by atoms with Gasteiger partial charge in [0.1, 0.15) is 0 Å². The third kappa shape index (κ3) is 3.38. The van der Waals surface area contributed by atoms with E-state index in [4.69, 9.17) is 4.74 Å². The number of carbonyl (C=O) groups is 1. The van der Waals surface area contributed by atoms with Gasteiger partial charge < -0.3 is 9.30 Å². The van der Waals surface area contributed by atoms with Crippen LogP contribution >= 0.6 is 11.8 Å². The molecule has 0 saturated heterocycles. The molecule has 22 heavy (non-hydrogen) atoms. The van der Waals surface area contributed by atoms with Crippen LogP contribution in [-0.4, -0.2) is 50.0 Å². The lowest BCUT2D eigenvalue weighted by Crippen LogP contribution is -2.14. The van der Waals surface area contributed by atoms with Gasteiger partial charge in [-0.15, -0.1) is 5.10 Å². The smallest absolute Gasteiger partial charge is 0.209 e. The van der Waals surface area contributed by atoms with Crippen molar-refractivity contribution in [3.05, 3.63) is 23.0 Å². The molecule has 0 radical (unpaired) electrons. The van der Waals surface area contributed by atoms with Crippen molar-refractivity contribution >= 4 is 17.5 Å². The highest BCUT2D eigenvalue weighted by atomic mass is 32.2. The number of Topliss-reactive ketones (excluding diaryl/α,β-unsaturated/α-hetero) is 1. The predicted molar refractivity (Wildman–Crippen MR) is 84.3 cm³/mol. The Morgan fingerprint density at radius 3 is 2.77 bits per heavy atom. The summed E-state index contributed by atoms with van der Waals surface area (Å²) in [5.41, 5.74) is 2.79. The molecule has 8 heteroatoms. The largest absolute Gasteiger partial charge is 0.383 e. The Morgan fingerprint density at radius 1 is 1.45 bits per heavy atom. The molecule has 0 saturated carbocycles. The number of methoxy groups -OCH3 is 1. The lowest BCUT2D eigenvalue weighted by atomic mass is 10.2. The zero-order chi connectivity index (χ0) is 16.3. The molecule has 0 bridgehead atoms. The van der Waals surface area contributed by atoms with E-state index in [9.17, 15) is 4.79 Å². The molecule has 0 aliphatic carbocycles. The summed E-state index contributed by atoms with van der Waals surface area (Å²) >= 11 is 1.34. The van der Waals surface area contributed by atoms with E-state index in [1.807, 2.05) is 19.9 Å². The highest BCUT2D eigenvalue weighted by molar-refractivity contribution is 7.99. The molecule has 0 amide bonds. The van der Waals surface area contributed by atoms with Gasteiger partial charge in [-0.1, -0.05) is 11.8 Å². The first-order valence-corrected chi connectivity index (χ1v) is 8.00. The SMILES string of the molecule is COCC(C)n1c(C)cc(C(=O)CSc2nnnn2C)c1C. The highest BCUT2D eigenvalue weighted by Crippen LogP contribution is 2.23. The number of rotatable bonds is 7. The maximum Gasteiger partial charge on any atom is 0.209 e.